The Bertz CT molecular complexity index is 549. The van der Waals surface area contributed by atoms with E-state index in [9.17, 15) is 15.0 Å². The van der Waals surface area contributed by atoms with Gasteiger partial charge >= 0.3 is 5.97 Å². The maximum Gasteiger partial charge on any atom is 0.338 e. The molecule has 0 amide bonds. The Hall–Kier alpha value is -2.49. The van der Waals surface area contributed by atoms with Crippen molar-refractivity contribution in [3.05, 3.63) is 59.7 Å². The molecule has 0 saturated heterocycles. The molecule has 0 heterocycles. The van der Waals surface area contributed by atoms with Crippen LogP contribution in [0.4, 0.5) is 0 Å². The van der Waals surface area contributed by atoms with Crippen LogP contribution in [-0.2, 0) is 11.3 Å². The fourth-order valence-electron chi connectivity index (χ4n) is 1.50. The molecule has 0 atom stereocenters. The van der Waals surface area contributed by atoms with Gasteiger partial charge in [0.05, 0.1) is 5.56 Å². The second-order valence-electron chi connectivity index (χ2n) is 3.73. The fraction of sp³-hybridized carbons (Fsp3) is 0.0714. The zero-order chi connectivity index (χ0) is 13.0. The lowest BCUT2D eigenvalue weighted by atomic mass is 10.2. The third kappa shape index (κ3) is 2.60. The standard InChI is InChI=1S/C14H12O4/c15-12-8-4-7-11(13(12)16)9-18-14(17)10-5-2-1-3-6-10/h1-8,15-16H,9H2. The first kappa shape index (κ1) is 12.0. The van der Waals surface area contributed by atoms with Crippen LogP contribution in [0.15, 0.2) is 48.5 Å². The second-order valence-corrected chi connectivity index (χ2v) is 3.73. The van der Waals surface area contributed by atoms with Crippen molar-refractivity contribution in [1.29, 1.82) is 0 Å². The first-order valence-corrected chi connectivity index (χ1v) is 5.40. The van der Waals surface area contributed by atoms with Crippen molar-refractivity contribution >= 4 is 5.97 Å². The van der Waals surface area contributed by atoms with Crippen LogP contribution >= 0.6 is 0 Å². The summed E-state index contributed by atoms with van der Waals surface area (Å²) in [5.74, 6) is -0.972. The number of ether oxygens (including phenoxy) is 1. The number of hydrogen-bond acceptors (Lipinski definition) is 4. The SMILES string of the molecule is O=C(OCc1cccc(O)c1O)c1ccccc1. The summed E-state index contributed by atoms with van der Waals surface area (Å²) < 4.78 is 5.04. The molecular formula is C14H12O4. The van der Waals surface area contributed by atoms with Crippen LogP contribution in [0.3, 0.4) is 0 Å². The first-order chi connectivity index (χ1) is 8.68. The van der Waals surface area contributed by atoms with Crippen molar-refractivity contribution in [2.75, 3.05) is 0 Å². The number of esters is 1. The lowest BCUT2D eigenvalue weighted by Gasteiger charge is -2.07. The Kier molecular flexibility index (Phi) is 3.48. The molecule has 18 heavy (non-hydrogen) atoms. The highest BCUT2D eigenvalue weighted by Crippen LogP contribution is 2.28. The quantitative estimate of drug-likeness (QED) is 0.643. The van der Waals surface area contributed by atoms with Crippen LogP contribution in [0, 0.1) is 0 Å². The van der Waals surface area contributed by atoms with E-state index < -0.39 is 5.97 Å². The summed E-state index contributed by atoms with van der Waals surface area (Å²) in [7, 11) is 0. The normalized spacial score (nSPS) is 10.0. The number of benzene rings is 2. The molecule has 4 heteroatoms. The lowest BCUT2D eigenvalue weighted by Crippen LogP contribution is -2.05. The molecule has 0 aliphatic rings. The smallest absolute Gasteiger partial charge is 0.338 e. The number of phenols is 2. The van der Waals surface area contributed by atoms with Crippen LogP contribution in [0.2, 0.25) is 0 Å². The van der Waals surface area contributed by atoms with Gasteiger partial charge in [-0.25, -0.2) is 4.79 Å². The minimum Gasteiger partial charge on any atom is -0.504 e. The zero-order valence-electron chi connectivity index (χ0n) is 9.54. The number of carbonyl (C=O) groups is 1. The number of carbonyl (C=O) groups excluding carboxylic acids is 1. The summed E-state index contributed by atoms with van der Waals surface area (Å²) in [6.45, 7) is -0.0893. The van der Waals surface area contributed by atoms with E-state index in [0.29, 0.717) is 11.1 Å². The highest BCUT2D eigenvalue weighted by Gasteiger charge is 2.10. The average Bonchev–Trinajstić information content (AvgIpc) is 2.41. The van der Waals surface area contributed by atoms with E-state index in [1.807, 2.05) is 0 Å². The molecule has 0 aliphatic carbocycles. The molecule has 2 aromatic rings. The average molecular weight is 244 g/mol. The van der Waals surface area contributed by atoms with Crippen molar-refractivity contribution in [1.82, 2.24) is 0 Å². The van der Waals surface area contributed by atoms with Gasteiger partial charge in [0, 0.05) is 5.56 Å². The van der Waals surface area contributed by atoms with E-state index in [-0.39, 0.29) is 18.1 Å². The third-order valence-electron chi connectivity index (χ3n) is 2.47. The summed E-state index contributed by atoms with van der Waals surface area (Å²) in [5, 5.41) is 18.8. The lowest BCUT2D eigenvalue weighted by molar-refractivity contribution is 0.0470. The zero-order valence-corrected chi connectivity index (χ0v) is 9.54. The molecule has 0 fully saturated rings. The van der Waals surface area contributed by atoms with Gasteiger partial charge in [0.2, 0.25) is 0 Å². The molecule has 92 valence electrons. The molecule has 0 unspecified atom stereocenters. The third-order valence-corrected chi connectivity index (χ3v) is 2.47. The van der Waals surface area contributed by atoms with Gasteiger partial charge in [-0.15, -0.1) is 0 Å². The fourth-order valence-corrected chi connectivity index (χ4v) is 1.50. The molecule has 4 nitrogen and oxygen atoms in total. The largest absolute Gasteiger partial charge is 0.504 e. The highest BCUT2D eigenvalue weighted by molar-refractivity contribution is 5.89. The van der Waals surface area contributed by atoms with E-state index in [2.05, 4.69) is 0 Å². The molecule has 2 rings (SSSR count). The predicted molar refractivity (Wildman–Crippen MR) is 65.3 cm³/mol. The maximum absolute atomic E-state index is 11.6. The van der Waals surface area contributed by atoms with Crippen molar-refractivity contribution < 1.29 is 19.7 Å². The molecule has 2 aromatic carbocycles. The summed E-state index contributed by atoms with van der Waals surface area (Å²) in [5.41, 5.74) is 0.802. The number of hydrogen-bond donors (Lipinski definition) is 2. The van der Waals surface area contributed by atoms with Crippen molar-refractivity contribution in [2.45, 2.75) is 6.61 Å². The minimum atomic E-state index is -0.474. The molecule has 0 bridgehead atoms. The van der Waals surface area contributed by atoms with E-state index in [0.717, 1.165) is 0 Å². The predicted octanol–water partition coefficient (Wildman–Crippen LogP) is 2.45. The molecule has 2 N–H and O–H groups in total. The summed E-state index contributed by atoms with van der Waals surface area (Å²) in [6.07, 6.45) is 0. The minimum absolute atomic E-state index is 0.0893. The Morgan fingerprint density at radius 1 is 1.00 bits per heavy atom. The van der Waals surface area contributed by atoms with Gasteiger partial charge in [-0.05, 0) is 18.2 Å². The van der Waals surface area contributed by atoms with E-state index >= 15 is 0 Å². The number of para-hydroxylation sites is 1. The van der Waals surface area contributed by atoms with Gasteiger partial charge in [0.15, 0.2) is 11.5 Å². The molecular weight excluding hydrogens is 232 g/mol. The van der Waals surface area contributed by atoms with Gasteiger partial charge in [-0.3, -0.25) is 0 Å². The van der Waals surface area contributed by atoms with Crippen LogP contribution in [0.1, 0.15) is 15.9 Å². The van der Waals surface area contributed by atoms with Crippen molar-refractivity contribution in [2.24, 2.45) is 0 Å². The van der Waals surface area contributed by atoms with Gasteiger partial charge in [-0.2, -0.15) is 0 Å². The molecule has 0 aromatic heterocycles. The van der Waals surface area contributed by atoms with E-state index in [4.69, 9.17) is 4.74 Å². The van der Waals surface area contributed by atoms with Crippen LogP contribution in [0.25, 0.3) is 0 Å². The Balaban J connectivity index is 2.04. The molecule has 0 saturated carbocycles. The maximum atomic E-state index is 11.6. The Morgan fingerprint density at radius 3 is 2.44 bits per heavy atom. The van der Waals surface area contributed by atoms with Crippen molar-refractivity contribution in [3.8, 4) is 11.5 Å². The second kappa shape index (κ2) is 5.23. The summed E-state index contributed by atoms with van der Waals surface area (Å²) in [6, 6.07) is 13.1. The van der Waals surface area contributed by atoms with Crippen LogP contribution < -0.4 is 0 Å². The molecule has 0 radical (unpaired) electrons. The number of rotatable bonds is 3. The van der Waals surface area contributed by atoms with Gasteiger partial charge in [0.1, 0.15) is 6.61 Å². The van der Waals surface area contributed by atoms with E-state index in [1.54, 1.807) is 42.5 Å². The summed E-state index contributed by atoms with van der Waals surface area (Å²) in [4.78, 5) is 11.6. The Morgan fingerprint density at radius 2 is 1.72 bits per heavy atom. The highest BCUT2D eigenvalue weighted by atomic mass is 16.5. The first-order valence-electron chi connectivity index (χ1n) is 5.40. The Labute approximate surface area is 104 Å². The number of phenolic OH excluding ortho intramolecular Hbond substituents is 2. The van der Waals surface area contributed by atoms with Gasteiger partial charge in [0.25, 0.3) is 0 Å². The van der Waals surface area contributed by atoms with E-state index in [1.165, 1.54) is 6.07 Å². The van der Waals surface area contributed by atoms with Crippen LogP contribution in [0.5, 0.6) is 11.5 Å². The monoisotopic (exact) mass is 244 g/mol. The molecule has 0 aliphatic heterocycles. The number of aromatic hydroxyl groups is 2. The van der Waals surface area contributed by atoms with Gasteiger partial charge in [-0.1, -0.05) is 30.3 Å². The summed E-state index contributed by atoms with van der Waals surface area (Å²) >= 11 is 0. The topological polar surface area (TPSA) is 66.8 Å². The molecule has 0 spiro atoms. The van der Waals surface area contributed by atoms with Crippen molar-refractivity contribution in [3.63, 3.8) is 0 Å². The van der Waals surface area contributed by atoms with Crippen LogP contribution in [-0.4, -0.2) is 16.2 Å². The van der Waals surface area contributed by atoms with Gasteiger partial charge < -0.3 is 14.9 Å².